The van der Waals surface area contributed by atoms with Crippen LogP contribution in [0.4, 0.5) is 0 Å². The lowest BCUT2D eigenvalue weighted by atomic mass is 10.1. The standard InChI is InChI=1S/C17H24O2/c1-4-6-10-16(5-2)13-14-18-15(3)19-17-11-8-7-9-12-17/h4-11,15,17H,2,12-14H2,1,3H3/b6-4-,16-10+. The average molecular weight is 260 g/mol. The minimum atomic E-state index is -0.186. The molecule has 0 saturated carbocycles. The van der Waals surface area contributed by atoms with Crippen LogP contribution in [0.3, 0.4) is 0 Å². The van der Waals surface area contributed by atoms with E-state index in [1.165, 1.54) is 5.57 Å². The topological polar surface area (TPSA) is 18.5 Å². The van der Waals surface area contributed by atoms with Gasteiger partial charge in [0, 0.05) is 0 Å². The molecule has 0 N–H and O–H groups in total. The third-order valence-corrected chi connectivity index (χ3v) is 2.82. The predicted octanol–water partition coefficient (Wildman–Crippen LogP) is 4.33. The second-order valence-corrected chi connectivity index (χ2v) is 4.38. The Morgan fingerprint density at radius 2 is 2.32 bits per heavy atom. The van der Waals surface area contributed by atoms with E-state index in [1.54, 1.807) is 0 Å². The molecule has 0 bridgehead atoms. The maximum atomic E-state index is 5.77. The van der Waals surface area contributed by atoms with Crippen molar-refractivity contribution in [3.8, 4) is 0 Å². The van der Waals surface area contributed by atoms with Gasteiger partial charge in [0.2, 0.25) is 0 Å². The van der Waals surface area contributed by atoms with E-state index in [4.69, 9.17) is 9.47 Å². The summed E-state index contributed by atoms with van der Waals surface area (Å²) in [6.45, 7) is 8.38. The van der Waals surface area contributed by atoms with E-state index in [1.807, 2.05) is 44.2 Å². The van der Waals surface area contributed by atoms with Gasteiger partial charge in [-0.25, -0.2) is 0 Å². The summed E-state index contributed by atoms with van der Waals surface area (Å²) in [5.74, 6) is 0. The summed E-state index contributed by atoms with van der Waals surface area (Å²) in [6.07, 6.45) is 17.9. The quantitative estimate of drug-likeness (QED) is 0.478. The van der Waals surface area contributed by atoms with E-state index in [-0.39, 0.29) is 12.4 Å². The molecule has 2 unspecified atom stereocenters. The van der Waals surface area contributed by atoms with Crippen LogP contribution in [0.25, 0.3) is 0 Å². The Labute approximate surface area is 116 Å². The van der Waals surface area contributed by atoms with E-state index < -0.39 is 0 Å². The molecule has 0 aromatic heterocycles. The largest absolute Gasteiger partial charge is 0.353 e. The molecule has 0 aliphatic heterocycles. The number of hydrogen-bond acceptors (Lipinski definition) is 2. The molecule has 0 aromatic rings. The van der Waals surface area contributed by atoms with Crippen molar-refractivity contribution in [1.29, 1.82) is 0 Å². The molecule has 104 valence electrons. The van der Waals surface area contributed by atoms with Crippen LogP contribution < -0.4 is 0 Å². The fourth-order valence-corrected chi connectivity index (χ4v) is 1.76. The lowest BCUT2D eigenvalue weighted by molar-refractivity contribution is -0.147. The average Bonchev–Trinajstić information content (AvgIpc) is 2.43. The Bertz CT molecular complexity index is 375. The number of rotatable bonds is 8. The summed E-state index contributed by atoms with van der Waals surface area (Å²) >= 11 is 0. The molecule has 0 aromatic carbocycles. The van der Waals surface area contributed by atoms with Gasteiger partial charge in [0.05, 0.1) is 12.7 Å². The molecule has 1 aliphatic rings. The molecule has 0 fully saturated rings. The zero-order valence-corrected chi connectivity index (χ0v) is 11.9. The fourth-order valence-electron chi connectivity index (χ4n) is 1.76. The van der Waals surface area contributed by atoms with E-state index in [0.29, 0.717) is 6.61 Å². The third-order valence-electron chi connectivity index (χ3n) is 2.82. The van der Waals surface area contributed by atoms with E-state index in [2.05, 4.69) is 24.8 Å². The van der Waals surface area contributed by atoms with Crippen molar-refractivity contribution < 1.29 is 9.47 Å². The Kier molecular flexibility index (Phi) is 7.87. The monoisotopic (exact) mass is 260 g/mol. The molecule has 1 rings (SSSR count). The fraction of sp³-hybridized carbons (Fsp3) is 0.412. The first-order chi connectivity index (χ1) is 9.26. The molecule has 0 amide bonds. The maximum absolute atomic E-state index is 5.77. The summed E-state index contributed by atoms with van der Waals surface area (Å²) in [4.78, 5) is 0. The van der Waals surface area contributed by atoms with Crippen LogP contribution in [0.15, 0.2) is 60.8 Å². The molecule has 2 nitrogen and oxygen atoms in total. The van der Waals surface area contributed by atoms with Crippen molar-refractivity contribution in [2.45, 2.75) is 39.1 Å². The van der Waals surface area contributed by atoms with E-state index >= 15 is 0 Å². The maximum Gasteiger partial charge on any atom is 0.155 e. The molecular weight excluding hydrogens is 236 g/mol. The van der Waals surface area contributed by atoms with Gasteiger partial charge >= 0.3 is 0 Å². The summed E-state index contributed by atoms with van der Waals surface area (Å²) in [7, 11) is 0. The molecule has 19 heavy (non-hydrogen) atoms. The van der Waals surface area contributed by atoms with Gasteiger partial charge in [-0.2, -0.15) is 0 Å². The van der Waals surface area contributed by atoms with Gasteiger partial charge in [0.25, 0.3) is 0 Å². The van der Waals surface area contributed by atoms with Gasteiger partial charge < -0.3 is 9.47 Å². The highest BCUT2D eigenvalue weighted by atomic mass is 16.7. The number of allylic oxidation sites excluding steroid dienone is 6. The molecule has 1 aliphatic carbocycles. The molecule has 0 heterocycles. The molecule has 2 heteroatoms. The van der Waals surface area contributed by atoms with Crippen LogP contribution in [0.5, 0.6) is 0 Å². The van der Waals surface area contributed by atoms with Crippen LogP contribution in [0.1, 0.15) is 26.7 Å². The summed E-state index contributed by atoms with van der Waals surface area (Å²) in [5.41, 5.74) is 1.17. The Morgan fingerprint density at radius 1 is 1.47 bits per heavy atom. The van der Waals surface area contributed by atoms with Crippen molar-refractivity contribution in [2.75, 3.05) is 6.61 Å². The van der Waals surface area contributed by atoms with Crippen LogP contribution in [0.2, 0.25) is 0 Å². The van der Waals surface area contributed by atoms with Gasteiger partial charge in [0.1, 0.15) is 0 Å². The highest BCUT2D eigenvalue weighted by Gasteiger charge is 2.10. The first kappa shape index (κ1) is 15.7. The second kappa shape index (κ2) is 9.54. The summed E-state index contributed by atoms with van der Waals surface area (Å²) in [6, 6.07) is 0. The van der Waals surface area contributed by atoms with E-state index in [9.17, 15) is 0 Å². The van der Waals surface area contributed by atoms with Gasteiger partial charge in [0.15, 0.2) is 6.29 Å². The van der Waals surface area contributed by atoms with Gasteiger partial charge in [-0.15, -0.1) is 0 Å². The molecule has 0 saturated heterocycles. The summed E-state index contributed by atoms with van der Waals surface area (Å²) in [5, 5.41) is 0. The second-order valence-electron chi connectivity index (χ2n) is 4.38. The van der Waals surface area contributed by atoms with Gasteiger partial charge in [-0.1, -0.05) is 55.2 Å². The highest BCUT2D eigenvalue weighted by molar-refractivity contribution is 5.21. The van der Waals surface area contributed by atoms with Gasteiger partial charge in [-0.3, -0.25) is 0 Å². The van der Waals surface area contributed by atoms with Crippen LogP contribution in [0, 0.1) is 0 Å². The Hall–Kier alpha value is -1.38. The lowest BCUT2D eigenvalue weighted by Gasteiger charge is -2.20. The van der Waals surface area contributed by atoms with Crippen molar-refractivity contribution >= 4 is 0 Å². The zero-order valence-electron chi connectivity index (χ0n) is 11.9. The molecule has 0 radical (unpaired) electrons. The highest BCUT2D eigenvalue weighted by Crippen LogP contribution is 2.11. The number of ether oxygens (including phenoxy) is 2. The zero-order chi connectivity index (χ0) is 13.9. The minimum absolute atomic E-state index is 0.137. The first-order valence-electron chi connectivity index (χ1n) is 6.81. The van der Waals surface area contributed by atoms with Crippen molar-refractivity contribution in [3.05, 3.63) is 60.8 Å². The van der Waals surface area contributed by atoms with Crippen LogP contribution in [-0.2, 0) is 9.47 Å². The Balaban J connectivity index is 2.22. The third kappa shape index (κ3) is 6.94. The summed E-state index contributed by atoms with van der Waals surface area (Å²) < 4.78 is 11.4. The van der Waals surface area contributed by atoms with Crippen molar-refractivity contribution in [3.63, 3.8) is 0 Å². The molecular formula is C17H24O2. The van der Waals surface area contributed by atoms with Crippen molar-refractivity contribution in [1.82, 2.24) is 0 Å². The van der Waals surface area contributed by atoms with Crippen LogP contribution >= 0.6 is 0 Å². The van der Waals surface area contributed by atoms with Crippen LogP contribution in [-0.4, -0.2) is 19.0 Å². The first-order valence-corrected chi connectivity index (χ1v) is 6.81. The minimum Gasteiger partial charge on any atom is -0.353 e. The molecule has 2 atom stereocenters. The smallest absolute Gasteiger partial charge is 0.155 e. The lowest BCUT2D eigenvalue weighted by Crippen LogP contribution is -2.21. The van der Waals surface area contributed by atoms with Gasteiger partial charge in [-0.05, 0) is 32.3 Å². The van der Waals surface area contributed by atoms with E-state index in [0.717, 1.165) is 12.8 Å². The molecule has 0 spiro atoms. The Morgan fingerprint density at radius 3 is 2.95 bits per heavy atom. The van der Waals surface area contributed by atoms with Crippen molar-refractivity contribution in [2.24, 2.45) is 0 Å². The number of hydrogen-bond donors (Lipinski definition) is 0. The predicted molar refractivity (Wildman–Crippen MR) is 80.9 cm³/mol. The SMILES string of the molecule is C=C/C(=C\C=C/C)CCOC(C)OC1C=CC=CC1. The normalized spacial score (nSPS) is 20.9.